The van der Waals surface area contributed by atoms with Crippen LogP contribution in [0.3, 0.4) is 0 Å². The van der Waals surface area contributed by atoms with Crippen molar-refractivity contribution < 1.29 is 14.6 Å². The molecule has 0 saturated heterocycles. The van der Waals surface area contributed by atoms with E-state index in [0.717, 1.165) is 28.2 Å². The van der Waals surface area contributed by atoms with Crippen molar-refractivity contribution in [2.75, 3.05) is 6.61 Å². The van der Waals surface area contributed by atoms with Gasteiger partial charge in [0.05, 0.1) is 11.1 Å². The molecule has 21 heavy (non-hydrogen) atoms. The van der Waals surface area contributed by atoms with Crippen LogP contribution in [0.4, 0.5) is 0 Å². The van der Waals surface area contributed by atoms with E-state index < -0.39 is 5.97 Å². The summed E-state index contributed by atoms with van der Waals surface area (Å²) in [6.07, 6.45) is 5.08. The van der Waals surface area contributed by atoms with Gasteiger partial charge in [-0.25, -0.2) is 4.79 Å². The number of carboxylic acid groups (broad SMARTS) is 1. The predicted molar refractivity (Wildman–Crippen MR) is 83.2 cm³/mol. The fourth-order valence-electron chi connectivity index (χ4n) is 1.87. The molecule has 5 nitrogen and oxygen atoms in total. The van der Waals surface area contributed by atoms with Gasteiger partial charge in [0.2, 0.25) is 0 Å². The minimum Gasteiger partial charge on any atom is -0.491 e. The maximum Gasteiger partial charge on any atom is 0.328 e. The van der Waals surface area contributed by atoms with E-state index in [0.29, 0.717) is 12.4 Å². The molecule has 6 heteroatoms. The standard InChI is InChI=1S/C15H15BrN2O3/c1-18-12(7-9-17-18)8-10-21-15-11(5-6-14(19)20)3-2-4-13(15)16/h2-7,9H,8,10H2,1H3,(H,19,20)/b6-5+. The van der Waals surface area contributed by atoms with Crippen LogP contribution in [0.5, 0.6) is 5.75 Å². The van der Waals surface area contributed by atoms with Crippen LogP contribution in [0.2, 0.25) is 0 Å². The van der Waals surface area contributed by atoms with E-state index in [1.54, 1.807) is 10.9 Å². The summed E-state index contributed by atoms with van der Waals surface area (Å²) in [4.78, 5) is 10.6. The molecule has 2 rings (SSSR count). The number of benzene rings is 1. The number of carboxylic acids is 1. The van der Waals surface area contributed by atoms with Gasteiger partial charge in [0, 0.05) is 37.0 Å². The minimum absolute atomic E-state index is 0.482. The Morgan fingerprint density at radius 3 is 2.95 bits per heavy atom. The largest absolute Gasteiger partial charge is 0.491 e. The second-order valence-electron chi connectivity index (χ2n) is 4.37. The van der Waals surface area contributed by atoms with E-state index in [1.165, 1.54) is 6.08 Å². The van der Waals surface area contributed by atoms with Crippen molar-refractivity contribution in [2.24, 2.45) is 7.05 Å². The third-order valence-corrected chi connectivity index (χ3v) is 3.55. The highest BCUT2D eigenvalue weighted by atomic mass is 79.9. The number of rotatable bonds is 6. The summed E-state index contributed by atoms with van der Waals surface area (Å²) >= 11 is 3.42. The first-order valence-electron chi connectivity index (χ1n) is 6.37. The lowest BCUT2D eigenvalue weighted by atomic mass is 10.2. The monoisotopic (exact) mass is 350 g/mol. The van der Waals surface area contributed by atoms with Crippen LogP contribution < -0.4 is 4.74 Å². The van der Waals surface area contributed by atoms with Gasteiger partial charge in [0.15, 0.2) is 0 Å². The fraction of sp³-hybridized carbons (Fsp3) is 0.200. The number of hydrogen-bond donors (Lipinski definition) is 1. The zero-order valence-electron chi connectivity index (χ0n) is 11.5. The molecule has 0 aliphatic carbocycles. The van der Waals surface area contributed by atoms with Gasteiger partial charge < -0.3 is 9.84 Å². The summed E-state index contributed by atoms with van der Waals surface area (Å²) in [5, 5.41) is 12.8. The highest BCUT2D eigenvalue weighted by Crippen LogP contribution is 2.30. The SMILES string of the molecule is Cn1nccc1CCOc1c(Br)cccc1/C=C/C(=O)O. The van der Waals surface area contributed by atoms with Gasteiger partial charge in [-0.1, -0.05) is 12.1 Å². The number of aliphatic carboxylic acids is 1. The molecule has 0 unspecified atom stereocenters. The molecule has 0 radical (unpaired) electrons. The number of aromatic nitrogens is 2. The molecular weight excluding hydrogens is 336 g/mol. The molecule has 0 bridgehead atoms. The first kappa shape index (κ1) is 15.3. The van der Waals surface area contributed by atoms with Gasteiger partial charge in [0.1, 0.15) is 5.75 Å². The Bertz CT molecular complexity index is 665. The molecule has 0 amide bonds. The van der Waals surface area contributed by atoms with Gasteiger partial charge in [-0.2, -0.15) is 5.10 Å². The Hall–Kier alpha value is -2.08. The van der Waals surface area contributed by atoms with Crippen LogP contribution in [-0.4, -0.2) is 27.5 Å². The molecular formula is C15H15BrN2O3. The summed E-state index contributed by atoms with van der Waals surface area (Å²) in [5.41, 5.74) is 1.79. The van der Waals surface area contributed by atoms with Gasteiger partial charge in [0.25, 0.3) is 0 Å². The number of carbonyl (C=O) groups is 1. The van der Waals surface area contributed by atoms with Crippen molar-refractivity contribution in [3.05, 3.63) is 52.3 Å². The topological polar surface area (TPSA) is 64.4 Å². The maximum absolute atomic E-state index is 10.6. The molecule has 0 atom stereocenters. The van der Waals surface area contributed by atoms with Crippen LogP contribution in [-0.2, 0) is 18.3 Å². The number of nitrogens with zero attached hydrogens (tertiary/aromatic N) is 2. The minimum atomic E-state index is -0.990. The van der Waals surface area contributed by atoms with Crippen molar-refractivity contribution in [3.8, 4) is 5.75 Å². The molecule has 1 heterocycles. The van der Waals surface area contributed by atoms with E-state index in [4.69, 9.17) is 9.84 Å². The molecule has 1 aromatic carbocycles. The summed E-state index contributed by atoms with van der Waals surface area (Å²) in [6, 6.07) is 7.44. The lowest BCUT2D eigenvalue weighted by Gasteiger charge is -2.11. The van der Waals surface area contributed by atoms with E-state index in [2.05, 4.69) is 21.0 Å². The Kier molecular flexibility index (Phi) is 5.16. The summed E-state index contributed by atoms with van der Waals surface area (Å²) in [7, 11) is 1.88. The smallest absolute Gasteiger partial charge is 0.328 e. The Labute approximate surface area is 131 Å². The van der Waals surface area contributed by atoms with Crippen molar-refractivity contribution in [1.29, 1.82) is 0 Å². The van der Waals surface area contributed by atoms with Crippen LogP contribution in [0.1, 0.15) is 11.3 Å². The van der Waals surface area contributed by atoms with Gasteiger partial charge >= 0.3 is 5.97 Å². The number of hydrogen-bond acceptors (Lipinski definition) is 3. The molecule has 2 aromatic rings. The summed E-state index contributed by atoms with van der Waals surface area (Å²) < 4.78 is 8.39. The van der Waals surface area contributed by atoms with Crippen LogP contribution in [0.15, 0.2) is 41.0 Å². The van der Waals surface area contributed by atoms with Crippen molar-refractivity contribution in [1.82, 2.24) is 9.78 Å². The number of aryl methyl sites for hydroxylation is 1. The zero-order valence-corrected chi connectivity index (χ0v) is 13.1. The van der Waals surface area contributed by atoms with Gasteiger partial charge in [-0.05, 0) is 34.1 Å². The van der Waals surface area contributed by atoms with Gasteiger partial charge in [-0.3, -0.25) is 4.68 Å². The average molecular weight is 351 g/mol. The Morgan fingerprint density at radius 2 is 2.29 bits per heavy atom. The Morgan fingerprint density at radius 1 is 1.48 bits per heavy atom. The third-order valence-electron chi connectivity index (χ3n) is 2.93. The second kappa shape index (κ2) is 7.08. The summed E-state index contributed by atoms with van der Waals surface area (Å²) in [5.74, 6) is -0.354. The average Bonchev–Trinajstić information content (AvgIpc) is 2.84. The molecule has 0 spiro atoms. The fourth-order valence-corrected chi connectivity index (χ4v) is 2.37. The zero-order chi connectivity index (χ0) is 15.2. The van der Waals surface area contributed by atoms with E-state index >= 15 is 0 Å². The lowest BCUT2D eigenvalue weighted by molar-refractivity contribution is -0.131. The van der Waals surface area contributed by atoms with Crippen molar-refractivity contribution in [3.63, 3.8) is 0 Å². The molecule has 1 aromatic heterocycles. The van der Waals surface area contributed by atoms with Crippen LogP contribution in [0, 0.1) is 0 Å². The highest BCUT2D eigenvalue weighted by Gasteiger charge is 2.07. The van der Waals surface area contributed by atoms with E-state index in [9.17, 15) is 4.79 Å². The molecule has 0 aliphatic heterocycles. The first-order chi connectivity index (χ1) is 10.1. The van der Waals surface area contributed by atoms with Crippen LogP contribution in [0.25, 0.3) is 6.08 Å². The predicted octanol–water partition coefficient (Wildman–Crippen LogP) is 2.90. The first-order valence-corrected chi connectivity index (χ1v) is 7.16. The second-order valence-corrected chi connectivity index (χ2v) is 5.23. The molecule has 1 N–H and O–H groups in total. The molecule has 110 valence electrons. The van der Waals surface area contributed by atoms with Crippen LogP contribution >= 0.6 is 15.9 Å². The Balaban J connectivity index is 2.08. The quantitative estimate of drug-likeness (QED) is 0.813. The highest BCUT2D eigenvalue weighted by molar-refractivity contribution is 9.10. The van der Waals surface area contributed by atoms with Crippen molar-refractivity contribution >= 4 is 28.0 Å². The normalized spacial score (nSPS) is 11.0. The summed E-state index contributed by atoms with van der Waals surface area (Å²) in [6.45, 7) is 0.482. The number of ether oxygens (including phenoxy) is 1. The van der Waals surface area contributed by atoms with E-state index in [-0.39, 0.29) is 0 Å². The third kappa shape index (κ3) is 4.19. The number of halogens is 1. The van der Waals surface area contributed by atoms with Crippen molar-refractivity contribution in [2.45, 2.75) is 6.42 Å². The molecule has 0 aliphatic rings. The number of para-hydroxylation sites is 1. The molecule has 0 fully saturated rings. The van der Waals surface area contributed by atoms with E-state index in [1.807, 2.05) is 31.3 Å². The van der Waals surface area contributed by atoms with Gasteiger partial charge in [-0.15, -0.1) is 0 Å². The molecule has 0 saturated carbocycles. The lowest BCUT2D eigenvalue weighted by Crippen LogP contribution is -2.07. The maximum atomic E-state index is 10.6.